The number of ether oxygens (including phenoxy) is 3. The van der Waals surface area contributed by atoms with Crippen molar-refractivity contribution in [3.05, 3.63) is 107 Å². The van der Waals surface area contributed by atoms with Crippen LogP contribution in [0.2, 0.25) is 0 Å². The minimum Gasteiger partial charge on any atom is -0.489 e. The van der Waals surface area contributed by atoms with Crippen LogP contribution in [0.5, 0.6) is 17.4 Å². The van der Waals surface area contributed by atoms with Gasteiger partial charge in [0.15, 0.2) is 15.7 Å². The molecular formula is C61H78N12O9S. The number of aromatic amines is 1. The van der Waals surface area contributed by atoms with Gasteiger partial charge in [0.25, 0.3) is 0 Å². The molecule has 6 aromatic rings. The number of amides is 4. The SMILES string of the molecule is Cc1[nH]nc(Nc2ncnc3cc(OC4CCN(c5cc(Oc6ccc7c(c6)CN(C(=O)[C@@H](NC(=O)[C@H](C)N(C)C(=O)OC(C)(C)C)C(C)(C)C)[C@H](C(=O)N[C@@H]6CCCc8ccccc86)C7)ncn5)CC4)c(S(=O)(=O)C(C)(C)C)cc23)c1C. The molecule has 3 aromatic heterocycles. The molecule has 442 valence electrons. The van der Waals surface area contributed by atoms with Crippen molar-refractivity contribution in [3.63, 3.8) is 0 Å². The molecule has 0 spiro atoms. The Labute approximate surface area is 486 Å². The van der Waals surface area contributed by atoms with Crippen LogP contribution in [-0.2, 0) is 48.3 Å². The number of carbonyl (C=O) groups is 4. The van der Waals surface area contributed by atoms with Gasteiger partial charge in [0.2, 0.25) is 23.6 Å². The van der Waals surface area contributed by atoms with Crippen LogP contribution in [0.4, 0.5) is 22.2 Å². The fourth-order valence-electron chi connectivity index (χ4n) is 10.6. The second-order valence-corrected chi connectivity index (χ2v) is 27.7. The van der Waals surface area contributed by atoms with Crippen LogP contribution in [0.25, 0.3) is 10.9 Å². The average Bonchev–Trinajstić information content (AvgIpc) is 3.84. The molecule has 2 aliphatic heterocycles. The first-order valence-corrected chi connectivity index (χ1v) is 29.8. The van der Waals surface area contributed by atoms with Crippen molar-refractivity contribution in [2.45, 2.75) is 174 Å². The summed E-state index contributed by atoms with van der Waals surface area (Å²) in [5.74, 6) is 1.26. The Balaban J connectivity index is 0.920. The second kappa shape index (κ2) is 23.4. The Morgan fingerprint density at radius 3 is 2.24 bits per heavy atom. The molecule has 83 heavy (non-hydrogen) atoms. The number of fused-ring (bicyclic) bond motifs is 3. The third-order valence-corrected chi connectivity index (χ3v) is 18.3. The monoisotopic (exact) mass is 1150 g/mol. The third-order valence-electron chi connectivity index (χ3n) is 15.8. The van der Waals surface area contributed by atoms with E-state index in [1.165, 1.54) is 30.2 Å². The van der Waals surface area contributed by atoms with Crippen LogP contribution in [0.1, 0.15) is 134 Å². The lowest BCUT2D eigenvalue weighted by atomic mass is 9.83. The lowest BCUT2D eigenvalue weighted by Gasteiger charge is -2.42. The summed E-state index contributed by atoms with van der Waals surface area (Å²) in [6, 6.07) is 15.5. The van der Waals surface area contributed by atoms with E-state index >= 15 is 4.79 Å². The number of hydrogen-bond acceptors (Lipinski definition) is 16. The van der Waals surface area contributed by atoms with Crippen LogP contribution in [0, 0.1) is 19.3 Å². The topological polar surface area (TPSA) is 256 Å². The van der Waals surface area contributed by atoms with Gasteiger partial charge in [-0.2, -0.15) is 5.10 Å². The lowest BCUT2D eigenvalue weighted by molar-refractivity contribution is -0.147. The van der Waals surface area contributed by atoms with E-state index in [9.17, 15) is 22.8 Å². The number of aryl methyl sites for hydroxylation is 2. The molecule has 1 aliphatic carbocycles. The van der Waals surface area contributed by atoms with Gasteiger partial charge in [-0.1, -0.05) is 51.1 Å². The van der Waals surface area contributed by atoms with E-state index in [2.05, 4.69) is 57.0 Å². The van der Waals surface area contributed by atoms with Crippen molar-refractivity contribution in [2.75, 3.05) is 30.4 Å². The number of rotatable bonds is 14. The van der Waals surface area contributed by atoms with Crippen LogP contribution < -0.4 is 30.3 Å². The van der Waals surface area contributed by atoms with Gasteiger partial charge in [0.05, 0.1) is 16.3 Å². The molecule has 4 N–H and O–H groups in total. The number of likely N-dealkylation sites (N-methyl/N-ethyl adjacent to an activating group) is 1. The van der Waals surface area contributed by atoms with Crippen molar-refractivity contribution >= 4 is 62.0 Å². The molecule has 0 bridgehead atoms. The number of sulfone groups is 1. The fourth-order valence-corrected chi connectivity index (χ4v) is 11.9. The van der Waals surface area contributed by atoms with Crippen molar-refractivity contribution in [1.82, 2.24) is 50.6 Å². The number of hydrogen-bond donors (Lipinski definition) is 4. The summed E-state index contributed by atoms with van der Waals surface area (Å²) in [7, 11) is -2.44. The van der Waals surface area contributed by atoms with Crippen molar-refractivity contribution in [1.29, 1.82) is 0 Å². The highest BCUT2D eigenvalue weighted by molar-refractivity contribution is 7.92. The average molecular weight is 1160 g/mol. The van der Waals surface area contributed by atoms with Crippen molar-refractivity contribution in [3.8, 4) is 17.4 Å². The van der Waals surface area contributed by atoms with Crippen LogP contribution >= 0.6 is 0 Å². The zero-order valence-electron chi connectivity index (χ0n) is 49.8. The van der Waals surface area contributed by atoms with Crippen LogP contribution in [-0.4, -0.2) is 127 Å². The van der Waals surface area contributed by atoms with E-state index in [4.69, 9.17) is 14.2 Å². The zero-order chi connectivity index (χ0) is 59.9. The highest BCUT2D eigenvalue weighted by Crippen LogP contribution is 2.40. The Morgan fingerprint density at radius 1 is 0.831 bits per heavy atom. The van der Waals surface area contributed by atoms with Gasteiger partial charge in [-0.25, -0.2) is 33.1 Å². The minimum atomic E-state index is -3.92. The number of aromatic nitrogens is 6. The van der Waals surface area contributed by atoms with E-state index in [1.54, 1.807) is 71.6 Å². The molecule has 22 heteroatoms. The smallest absolute Gasteiger partial charge is 0.410 e. The zero-order valence-corrected chi connectivity index (χ0v) is 50.7. The van der Waals surface area contributed by atoms with Crippen LogP contribution in [0.3, 0.4) is 0 Å². The highest BCUT2D eigenvalue weighted by Gasteiger charge is 2.44. The maximum atomic E-state index is 15.2. The van der Waals surface area contributed by atoms with Gasteiger partial charge >= 0.3 is 6.09 Å². The number of H-pyrrole nitrogens is 1. The van der Waals surface area contributed by atoms with Gasteiger partial charge in [-0.3, -0.25) is 24.4 Å². The molecule has 0 saturated carbocycles. The normalized spacial score (nSPS) is 17.6. The second-order valence-electron chi connectivity index (χ2n) is 25.1. The summed E-state index contributed by atoms with van der Waals surface area (Å²) in [6.07, 6.45) is 5.73. The quantitative estimate of drug-likeness (QED) is 0.0793. The summed E-state index contributed by atoms with van der Waals surface area (Å²) in [5, 5.41) is 17.3. The molecule has 0 radical (unpaired) electrons. The van der Waals surface area contributed by atoms with Gasteiger partial charge < -0.3 is 40.0 Å². The Bertz CT molecular complexity index is 3540. The van der Waals surface area contributed by atoms with E-state index in [0.717, 1.165) is 47.2 Å². The van der Waals surface area contributed by atoms with E-state index in [0.29, 0.717) is 60.0 Å². The highest BCUT2D eigenvalue weighted by atomic mass is 32.2. The molecule has 0 unspecified atom stereocenters. The third kappa shape index (κ3) is 13.2. The molecule has 3 aliphatic rings. The molecule has 1 fully saturated rings. The number of piperidine rings is 1. The van der Waals surface area contributed by atoms with Gasteiger partial charge in [0.1, 0.15) is 70.5 Å². The minimum absolute atomic E-state index is 0.0344. The summed E-state index contributed by atoms with van der Waals surface area (Å²) in [6.45, 7) is 22.3. The Hall–Kier alpha value is -7.88. The predicted molar refractivity (Wildman–Crippen MR) is 315 cm³/mol. The van der Waals surface area contributed by atoms with Crippen LogP contribution in [0.15, 0.2) is 78.2 Å². The van der Waals surface area contributed by atoms with Gasteiger partial charge in [0, 0.05) is 74.7 Å². The first kappa shape index (κ1) is 59.7. The van der Waals surface area contributed by atoms with E-state index in [1.807, 2.05) is 71.0 Å². The molecular weight excluding hydrogens is 1080 g/mol. The van der Waals surface area contributed by atoms with Crippen molar-refractivity contribution in [2.24, 2.45) is 5.41 Å². The van der Waals surface area contributed by atoms with Gasteiger partial charge in [-0.15, -0.1) is 0 Å². The maximum Gasteiger partial charge on any atom is 0.410 e. The molecule has 21 nitrogen and oxygen atoms in total. The standard InChI is InChI=1S/C61H78N12O9S/c1-35-36(2)69-70-53(35)68-54-44-29-49(83(78,79)61(10,11)12)48(30-46(44)62-33-65-54)80-41-23-25-72(26-24-41)50-31-51(64-34-63-50)81-42-22-21-39-28-47(56(75)66-45-20-16-18-38-17-14-15-19-43(38)45)73(32-40(39)27-42)57(76)52(59(4,5)6)67-55(74)37(3)71(13)58(77)82-60(7,8)9/h14-15,17,19,21-22,27,29-31,33-34,37,41,45,47,52H,16,18,20,23-26,28,32H2,1-13H3,(H,66,75)(H,67,74)(H2,62,65,68,69,70)/t37-,45+,47-,52+/m0/s1. The maximum absolute atomic E-state index is 15.2. The Kier molecular flexibility index (Phi) is 16.8. The number of nitrogens with zero attached hydrogens (tertiary/aromatic N) is 8. The summed E-state index contributed by atoms with van der Waals surface area (Å²) in [5.41, 5.74) is 4.56. The molecule has 9 rings (SSSR count). The summed E-state index contributed by atoms with van der Waals surface area (Å²) in [4.78, 5) is 79.9. The largest absolute Gasteiger partial charge is 0.489 e. The molecule has 1 saturated heterocycles. The van der Waals surface area contributed by atoms with E-state index < -0.39 is 61.6 Å². The Morgan fingerprint density at radius 2 is 1.55 bits per heavy atom. The first-order valence-electron chi connectivity index (χ1n) is 28.4. The summed E-state index contributed by atoms with van der Waals surface area (Å²) < 4.78 is 45.9. The molecule has 4 atom stereocenters. The first-order chi connectivity index (χ1) is 39.1. The molecule has 5 heterocycles. The number of nitrogens with one attached hydrogen (secondary N) is 4. The number of anilines is 3. The number of carbonyl (C=O) groups excluding carboxylic acids is 4. The molecule has 3 aromatic carbocycles. The predicted octanol–water partition coefficient (Wildman–Crippen LogP) is 9.15. The van der Waals surface area contributed by atoms with Gasteiger partial charge in [-0.05, 0) is 127 Å². The van der Waals surface area contributed by atoms with Crippen molar-refractivity contribution < 1.29 is 41.8 Å². The van der Waals surface area contributed by atoms with E-state index in [-0.39, 0.29) is 47.5 Å². The molecule has 4 amide bonds. The fraction of sp³-hybridized carbons (Fsp3) is 0.492. The lowest BCUT2D eigenvalue weighted by Crippen LogP contribution is -2.62. The number of benzene rings is 3. The summed E-state index contributed by atoms with van der Waals surface area (Å²) >= 11 is 0.